The molecule has 3 heteroatoms. The van der Waals surface area contributed by atoms with Gasteiger partial charge in [0.15, 0.2) is 0 Å². The smallest absolute Gasteiger partial charge is 0.321 e. The largest absolute Gasteiger partial charge is 0.480 e. The van der Waals surface area contributed by atoms with Crippen LogP contribution < -0.4 is 5.32 Å². The van der Waals surface area contributed by atoms with Crippen molar-refractivity contribution in [1.82, 2.24) is 5.32 Å². The third kappa shape index (κ3) is 2.20. The van der Waals surface area contributed by atoms with Gasteiger partial charge in [-0.15, -0.1) is 0 Å². The standard InChI is InChI=1S/C14H19NO2/c1-8-6-9(2)12(10(3)7-8)11-4-5-15-13(11)14(16)17/h6-7,11,13,15H,4-5H2,1-3H3,(H,16,17). The molecule has 1 aromatic rings. The Morgan fingerprint density at radius 2 is 1.88 bits per heavy atom. The fourth-order valence-corrected chi connectivity index (χ4v) is 3.05. The molecule has 0 saturated carbocycles. The van der Waals surface area contributed by atoms with Crippen LogP contribution in [0.15, 0.2) is 12.1 Å². The Balaban J connectivity index is 2.43. The van der Waals surface area contributed by atoms with E-state index in [-0.39, 0.29) is 5.92 Å². The number of rotatable bonds is 2. The average molecular weight is 233 g/mol. The first-order valence-electron chi connectivity index (χ1n) is 6.04. The summed E-state index contributed by atoms with van der Waals surface area (Å²) in [6, 6.07) is 3.84. The fraction of sp³-hybridized carbons (Fsp3) is 0.500. The molecular formula is C14H19NO2. The van der Waals surface area contributed by atoms with E-state index >= 15 is 0 Å². The fourth-order valence-electron chi connectivity index (χ4n) is 3.05. The van der Waals surface area contributed by atoms with Crippen LogP contribution in [0.1, 0.15) is 34.6 Å². The highest BCUT2D eigenvalue weighted by Gasteiger charge is 2.35. The van der Waals surface area contributed by atoms with Crippen molar-refractivity contribution in [3.8, 4) is 0 Å². The summed E-state index contributed by atoms with van der Waals surface area (Å²) in [6.45, 7) is 7.01. The minimum atomic E-state index is -0.744. The average Bonchev–Trinajstić information content (AvgIpc) is 2.64. The molecule has 0 bridgehead atoms. The maximum absolute atomic E-state index is 11.2. The van der Waals surface area contributed by atoms with Gasteiger partial charge in [-0.1, -0.05) is 17.7 Å². The molecule has 1 heterocycles. The lowest BCUT2D eigenvalue weighted by Gasteiger charge is -2.21. The zero-order chi connectivity index (χ0) is 12.6. The van der Waals surface area contributed by atoms with E-state index in [0.717, 1.165) is 13.0 Å². The molecule has 1 aliphatic rings. The Hall–Kier alpha value is -1.35. The number of carboxylic acids is 1. The van der Waals surface area contributed by atoms with E-state index < -0.39 is 12.0 Å². The highest BCUT2D eigenvalue weighted by atomic mass is 16.4. The van der Waals surface area contributed by atoms with Gasteiger partial charge in [0.25, 0.3) is 0 Å². The minimum absolute atomic E-state index is 0.105. The van der Waals surface area contributed by atoms with Crippen molar-refractivity contribution < 1.29 is 9.90 Å². The van der Waals surface area contributed by atoms with E-state index in [1.807, 2.05) is 0 Å². The van der Waals surface area contributed by atoms with Gasteiger partial charge in [-0.05, 0) is 50.4 Å². The van der Waals surface area contributed by atoms with Crippen LogP contribution in [0.3, 0.4) is 0 Å². The van der Waals surface area contributed by atoms with Crippen molar-refractivity contribution >= 4 is 5.97 Å². The number of hydrogen-bond donors (Lipinski definition) is 2. The number of aliphatic carboxylic acids is 1. The summed E-state index contributed by atoms with van der Waals surface area (Å²) in [5.74, 6) is -0.639. The molecular weight excluding hydrogens is 214 g/mol. The zero-order valence-electron chi connectivity index (χ0n) is 10.6. The first-order chi connectivity index (χ1) is 8.00. The van der Waals surface area contributed by atoms with Gasteiger partial charge in [0.05, 0.1) is 0 Å². The Morgan fingerprint density at radius 3 is 2.41 bits per heavy atom. The lowest BCUT2D eigenvalue weighted by Crippen LogP contribution is -2.34. The summed E-state index contributed by atoms with van der Waals surface area (Å²) in [4.78, 5) is 11.2. The lowest BCUT2D eigenvalue weighted by atomic mass is 9.85. The molecule has 0 amide bonds. The molecule has 1 saturated heterocycles. The van der Waals surface area contributed by atoms with Crippen molar-refractivity contribution in [2.75, 3.05) is 6.54 Å². The summed E-state index contributed by atoms with van der Waals surface area (Å²) in [7, 11) is 0. The molecule has 0 aliphatic carbocycles. The number of hydrogen-bond acceptors (Lipinski definition) is 2. The van der Waals surface area contributed by atoms with E-state index in [1.165, 1.54) is 22.3 Å². The second-order valence-electron chi connectivity index (χ2n) is 4.98. The Labute approximate surface area is 102 Å². The molecule has 1 aliphatic heterocycles. The molecule has 92 valence electrons. The number of carboxylic acid groups (broad SMARTS) is 1. The molecule has 2 atom stereocenters. The van der Waals surface area contributed by atoms with Gasteiger partial charge in [0, 0.05) is 5.92 Å². The molecule has 17 heavy (non-hydrogen) atoms. The van der Waals surface area contributed by atoms with Crippen LogP contribution in [0.4, 0.5) is 0 Å². The van der Waals surface area contributed by atoms with Crippen molar-refractivity contribution in [2.24, 2.45) is 0 Å². The van der Waals surface area contributed by atoms with Crippen LogP contribution in [-0.4, -0.2) is 23.7 Å². The first kappa shape index (κ1) is 12.1. The van der Waals surface area contributed by atoms with Crippen LogP contribution in [0.25, 0.3) is 0 Å². The minimum Gasteiger partial charge on any atom is -0.480 e. The summed E-state index contributed by atoms with van der Waals surface area (Å²) in [5, 5.41) is 12.3. The van der Waals surface area contributed by atoms with Crippen LogP contribution in [0, 0.1) is 20.8 Å². The van der Waals surface area contributed by atoms with E-state index in [9.17, 15) is 9.90 Å². The van der Waals surface area contributed by atoms with Crippen molar-refractivity contribution in [3.05, 3.63) is 34.4 Å². The molecule has 0 aromatic heterocycles. The first-order valence-corrected chi connectivity index (χ1v) is 6.04. The Kier molecular flexibility index (Phi) is 3.20. The van der Waals surface area contributed by atoms with Gasteiger partial charge in [-0.25, -0.2) is 0 Å². The van der Waals surface area contributed by atoms with Gasteiger partial charge < -0.3 is 10.4 Å². The maximum Gasteiger partial charge on any atom is 0.321 e. The highest BCUT2D eigenvalue weighted by molar-refractivity contribution is 5.76. The monoisotopic (exact) mass is 233 g/mol. The molecule has 2 N–H and O–H groups in total. The van der Waals surface area contributed by atoms with Crippen molar-refractivity contribution in [3.63, 3.8) is 0 Å². The van der Waals surface area contributed by atoms with Crippen molar-refractivity contribution in [1.29, 1.82) is 0 Å². The van der Waals surface area contributed by atoms with Gasteiger partial charge in [-0.3, -0.25) is 4.79 Å². The van der Waals surface area contributed by atoms with Crippen LogP contribution in [-0.2, 0) is 4.79 Å². The van der Waals surface area contributed by atoms with E-state index in [4.69, 9.17) is 0 Å². The third-order valence-electron chi connectivity index (χ3n) is 3.60. The quantitative estimate of drug-likeness (QED) is 0.822. The number of carbonyl (C=O) groups is 1. The van der Waals surface area contributed by atoms with Crippen molar-refractivity contribution in [2.45, 2.75) is 39.2 Å². The number of nitrogens with one attached hydrogen (secondary N) is 1. The topological polar surface area (TPSA) is 49.3 Å². The molecule has 1 fully saturated rings. The molecule has 2 unspecified atom stereocenters. The van der Waals surface area contributed by atoms with Gasteiger partial charge in [0.1, 0.15) is 6.04 Å². The zero-order valence-corrected chi connectivity index (χ0v) is 10.6. The molecule has 2 rings (SSSR count). The van der Waals surface area contributed by atoms with Gasteiger partial charge >= 0.3 is 5.97 Å². The maximum atomic E-state index is 11.2. The SMILES string of the molecule is Cc1cc(C)c(C2CCNC2C(=O)O)c(C)c1. The van der Waals surface area contributed by atoms with E-state index in [1.54, 1.807) is 0 Å². The second kappa shape index (κ2) is 4.49. The summed E-state index contributed by atoms with van der Waals surface area (Å²) >= 11 is 0. The lowest BCUT2D eigenvalue weighted by molar-refractivity contribution is -0.139. The molecule has 0 spiro atoms. The molecule has 3 nitrogen and oxygen atoms in total. The summed E-state index contributed by atoms with van der Waals surface area (Å²) in [6.07, 6.45) is 0.904. The highest BCUT2D eigenvalue weighted by Crippen LogP contribution is 2.33. The van der Waals surface area contributed by atoms with Gasteiger partial charge in [0.2, 0.25) is 0 Å². The third-order valence-corrected chi connectivity index (χ3v) is 3.60. The number of benzene rings is 1. The Bertz CT molecular complexity index is 431. The van der Waals surface area contributed by atoms with Gasteiger partial charge in [-0.2, -0.15) is 0 Å². The van der Waals surface area contributed by atoms with Crippen LogP contribution in [0.5, 0.6) is 0 Å². The van der Waals surface area contributed by atoms with Crippen LogP contribution >= 0.6 is 0 Å². The van der Waals surface area contributed by atoms with E-state index in [0.29, 0.717) is 0 Å². The normalized spacial score (nSPS) is 23.9. The second-order valence-corrected chi connectivity index (χ2v) is 4.98. The summed E-state index contributed by atoms with van der Waals surface area (Å²) in [5.41, 5.74) is 4.87. The predicted octanol–water partition coefficient (Wildman–Crippen LogP) is 2.14. The number of aryl methyl sites for hydroxylation is 3. The predicted molar refractivity (Wildman–Crippen MR) is 67.4 cm³/mol. The molecule has 0 radical (unpaired) electrons. The molecule has 1 aromatic carbocycles. The Morgan fingerprint density at radius 1 is 1.29 bits per heavy atom. The van der Waals surface area contributed by atoms with E-state index in [2.05, 4.69) is 38.2 Å². The summed E-state index contributed by atoms with van der Waals surface area (Å²) < 4.78 is 0. The van der Waals surface area contributed by atoms with Crippen LogP contribution in [0.2, 0.25) is 0 Å².